The van der Waals surface area contributed by atoms with Gasteiger partial charge in [-0.3, -0.25) is 4.79 Å². The molecule has 186 valence electrons. The van der Waals surface area contributed by atoms with Crippen molar-refractivity contribution >= 4 is 16.9 Å². The SMILES string of the molecule is O=C1OCCCCCCCCCCCOc2ccc3c(c4ccc(=O)cc-4oc3c2)-c2ccccc21. The first kappa shape index (κ1) is 24.1. The van der Waals surface area contributed by atoms with E-state index in [1.807, 2.05) is 36.4 Å². The van der Waals surface area contributed by atoms with E-state index in [2.05, 4.69) is 0 Å². The summed E-state index contributed by atoms with van der Waals surface area (Å²) in [6, 6.07) is 18.1. The Morgan fingerprint density at radius 3 is 2.00 bits per heavy atom. The lowest BCUT2D eigenvalue weighted by atomic mass is 9.91. The number of ether oxygens (including phenoxy) is 2. The first-order valence-corrected chi connectivity index (χ1v) is 13.1. The van der Waals surface area contributed by atoms with Crippen molar-refractivity contribution in [1.29, 1.82) is 0 Å². The fourth-order valence-corrected chi connectivity index (χ4v) is 4.98. The second kappa shape index (κ2) is 11.4. The zero-order valence-electron chi connectivity index (χ0n) is 20.6. The standard InChI is InChI=1S/C31H32O5/c32-22-14-16-26-28(20-22)36-29-21-23-15-17-27(29)30(26)24-12-8-9-13-25(24)31(33)35-19-11-7-5-3-1-2-4-6-10-18-34-23/h8-9,12-17,20-21H,1-7,10-11,18-19H2. The van der Waals surface area contributed by atoms with Crippen LogP contribution in [0.3, 0.4) is 0 Å². The Labute approximate surface area is 211 Å². The van der Waals surface area contributed by atoms with Gasteiger partial charge in [0.25, 0.3) is 0 Å². The first-order valence-electron chi connectivity index (χ1n) is 13.1. The summed E-state index contributed by atoms with van der Waals surface area (Å²) < 4.78 is 17.9. The molecule has 3 heterocycles. The third kappa shape index (κ3) is 5.46. The van der Waals surface area contributed by atoms with Crippen molar-refractivity contribution in [2.45, 2.75) is 57.8 Å². The van der Waals surface area contributed by atoms with Crippen molar-refractivity contribution in [3.05, 3.63) is 76.5 Å². The molecule has 0 atom stereocenters. The largest absolute Gasteiger partial charge is 0.493 e. The number of hydrogen-bond donors (Lipinski definition) is 0. The second-order valence-corrected chi connectivity index (χ2v) is 9.50. The van der Waals surface area contributed by atoms with Gasteiger partial charge < -0.3 is 13.9 Å². The van der Waals surface area contributed by atoms with Gasteiger partial charge in [0.05, 0.1) is 18.8 Å². The Morgan fingerprint density at radius 2 is 1.25 bits per heavy atom. The van der Waals surface area contributed by atoms with Crippen LogP contribution in [-0.2, 0) is 4.74 Å². The third-order valence-corrected chi connectivity index (χ3v) is 6.87. The van der Waals surface area contributed by atoms with E-state index in [0.29, 0.717) is 30.1 Å². The van der Waals surface area contributed by atoms with Crippen LogP contribution < -0.4 is 10.2 Å². The van der Waals surface area contributed by atoms with E-state index in [1.165, 1.54) is 44.2 Å². The Bertz CT molecular complexity index is 1370. The summed E-state index contributed by atoms with van der Waals surface area (Å²) in [7, 11) is 0. The quantitative estimate of drug-likeness (QED) is 0.190. The molecule has 3 aliphatic heterocycles. The van der Waals surface area contributed by atoms with Crippen molar-refractivity contribution in [3.63, 3.8) is 0 Å². The molecule has 0 spiro atoms. The molecule has 4 aliphatic rings. The predicted molar refractivity (Wildman–Crippen MR) is 142 cm³/mol. The number of fused-ring (bicyclic) bond motifs is 15. The van der Waals surface area contributed by atoms with Crippen LogP contribution >= 0.6 is 0 Å². The molecule has 6 rings (SSSR count). The molecule has 4 bridgehead atoms. The summed E-state index contributed by atoms with van der Waals surface area (Å²) in [5, 5.41) is 0.847. The minimum atomic E-state index is -0.334. The summed E-state index contributed by atoms with van der Waals surface area (Å²) in [5.41, 5.74) is 3.35. The van der Waals surface area contributed by atoms with Gasteiger partial charge in [-0.2, -0.15) is 0 Å². The molecule has 5 heteroatoms. The second-order valence-electron chi connectivity index (χ2n) is 9.50. The lowest BCUT2D eigenvalue weighted by molar-refractivity contribution is 0.0498. The maximum Gasteiger partial charge on any atom is 0.338 e. The highest BCUT2D eigenvalue weighted by Gasteiger charge is 2.22. The molecular weight excluding hydrogens is 452 g/mol. The summed E-state index contributed by atoms with van der Waals surface area (Å²) in [6.07, 6.45) is 10.2. The Morgan fingerprint density at radius 1 is 0.583 bits per heavy atom. The van der Waals surface area contributed by atoms with Crippen LogP contribution in [0, 0.1) is 0 Å². The van der Waals surface area contributed by atoms with E-state index in [1.54, 1.807) is 12.1 Å². The summed E-state index contributed by atoms with van der Waals surface area (Å²) >= 11 is 0. The molecule has 0 aromatic heterocycles. The molecule has 2 aromatic rings. The molecule has 0 amide bonds. The number of hydrogen-bond acceptors (Lipinski definition) is 5. The van der Waals surface area contributed by atoms with Crippen molar-refractivity contribution in [2.24, 2.45) is 0 Å². The smallest absolute Gasteiger partial charge is 0.338 e. The van der Waals surface area contributed by atoms with E-state index >= 15 is 0 Å². The molecule has 0 fully saturated rings. The summed E-state index contributed by atoms with van der Waals surface area (Å²) in [4.78, 5) is 25.3. The molecule has 36 heavy (non-hydrogen) atoms. The van der Waals surface area contributed by atoms with Crippen molar-refractivity contribution < 1.29 is 18.7 Å². The van der Waals surface area contributed by atoms with Crippen LogP contribution in [0.2, 0.25) is 0 Å². The zero-order valence-corrected chi connectivity index (χ0v) is 20.6. The average molecular weight is 485 g/mol. The molecule has 1 aliphatic carbocycles. The Kier molecular flexibility index (Phi) is 7.65. The third-order valence-electron chi connectivity index (χ3n) is 6.87. The predicted octanol–water partition coefficient (Wildman–Crippen LogP) is 7.62. The van der Waals surface area contributed by atoms with Crippen LogP contribution in [0.25, 0.3) is 33.4 Å². The summed E-state index contributed by atoms with van der Waals surface area (Å²) in [6.45, 7) is 1.07. The monoisotopic (exact) mass is 484 g/mol. The highest BCUT2D eigenvalue weighted by Crippen LogP contribution is 2.42. The van der Waals surface area contributed by atoms with E-state index in [-0.39, 0.29) is 11.4 Å². The summed E-state index contributed by atoms with van der Waals surface area (Å²) in [5.74, 6) is 0.871. The van der Waals surface area contributed by atoms with Gasteiger partial charge in [0.2, 0.25) is 0 Å². The minimum absolute atomic E-state index is 0.131. The number of benzene rings is 3. The molecular formula is C31H32O5. The molecule has 0 radical (unpaired) electrons. The van der Waals surface area contributed by atoms with Crippen molar-refractivity contribution in [3.8, 4) is 28.2 Å². The topological polar surface area (TPSA) is 65.7 Å². The van der Waals surface area contributed by atoms with Gasteiger partial charge >= 0.3 is 5.97 Å². The molecule has 0 saturated heterocycles. The van der Waals surface area contributed by atoms with Crippen LogP contribution in [0.1, 0.15) is 68.1 Å². The van der Waals surface area contributed by atoms with Crippen LogP contribution in [-0.4, -0.2) is 19.2 Å². The molecule has 2 aromatic carbocycles. The number of carbonyl (C=O) groups is 1. The van der Waals surface area contributed by atoms with Crippen molar-refractivity contribution in [2.75, 3.05) is 13.2 Å². The van der Waals surface area contributed by atoms with Gasteiger partial charge in [0, 0.05) is 28.6 Å². The van der Waals surface area contributed by atoms with E-state index < -0.39 is 0 Å². The highest BCUT2D eigenvalue weighted by molar-refractivity contribution is 6.07. The number of esters is 1. The Balaban J connectivity index is 1.61. The van der Waals surface area contributed by atoms with Crippen LogP contribution in [0.5, 0.6) is 5.75 Å². The van der Waals surface area contributed by atoms with Gasteiger partial charge in [-0.05, 0) is 48.7 Å². The van der Waals surface area contributed by atoms with E-state index in [9.17, 15) is 9.59 Å². The first-order chi connectivity index (χ1) is 17.7. The van der Waals surface area contributed by atoms with Crippen LogP contribution in [0.4, 0.5) is 0 Å². The lowest BCUT2D eigenvalue weighted by Gasteiger charge is -2.18. The normalized spacial score (nSPS) is 16.3. The van der Waals surface area contributed by atoms with Gasteiger partial charge in [-0.15, -0.1) is 0 Å². The Hall–Kier alpha value is -3.60. The van der Waals surface area contributed by atoms with E-state index in [4.69, 9.17) is 13.9 Å². The number of carbonyl (C=O) groups excluding carboxylic acids is 1. The van der Waals surface area contributed by atoms with Gasteiger partial charge in [0.15, 0.2) is 5.43 Å². The minimum Gasteiger partial charge on any atom is -0.493 e. The zero-order chi connectivity index (χ0) is 24.7. The molecule has 0 unspecified atom stereocenters. The number of rotatable bonds is 0. The fourth-order valence-electron chi connectivity index (χ4n) is 4.98. The average Bonchev–Trinajstić information content (AvgIpc) is 2.89. The maximum atomic E-state index is 13.2. The molecule has 0 saturated carbocycles. The van der Waals surface area contributed by atoms with Gasteiger partial charge in [-0.25, -0.2) is 4.79 Å². The lowest BCUT2D eigenvalue weighted by Crippen LogP contribution is -2.09. The fraction of sp³-hybridized carbons (Fsp3) is 0.355. The van der Waals surface area contributed by atoms with E-state index in [0.717, 1.165) is 53.5 Å². The van der Waals surface area contributed by atoms with Crippen LogP contribution in [0.15, 0.2) is 69.9 Å². The molecule has 0 N–H and O–H groups in total. The maximum absolute atomic E-state index is 13.2. The van der Waals surface area contributed by atoms with Gasteiger partial charge in [-0.1, -0.05) is 63.1 Å². The van der Waals surface area contributed by atoms with Gasteiger partial charge in [0.1, 0.15) is 17.1 Å². The highest BCUT2D eigenvalue weighted by atomic mass is 16.5. The molecule has 5 nitrogen and oxygen atoms in total. The van der Waals surface area contributed by atoms with Crippen molar-refractivity contribution in [1.82, 2.24) is 0 Å².